The monoisotopic (exact) mass is 547 g/mol. The Bertz CT molecular complexity index is 638. The van der Waals surface area contributed by atoms with Crippen LogP contribution in [0.2, 0.25) is 0 Å². The Morgan fingerprint density at radius 2 is 1.04 bits per heavy atom. The molecule has 0 radical (unpaired) electrons. The maximum absolute atomic E-state index is 9.55. The van der Waals surface area contributed by atoms with Crippen molar-refractivity contribution in [1.82, 2.24) is 6.15 Å². The van der Waals surface area contributed by atoms with Crippen molar-refractivity contribution < 1.29 is 136 Å². The van der Waals surface area contributed by atoms with Crippen LogP contribution in [0.25, 0.3) is 0 Å². The first kappa shape index (κ1) is 43.0. The van der Waals surface area contributed by atoms with E-state index in [1.807, 2.05) is 0 Å². The van der Waals surface area contributed by atoms with E-state index in [1.165, 1.54) is 0 Å². The van der Waals surface area contributed by atoms with Gasteiger partial charge >= 0.3 is 91.3 Å². The van der Waals surface area contributed by atoms with Crippen LogP contribution >= 0.6 is 12.3 Å². The van der Waals surface area contributed by atoms with Gasteiger partial charge in [-0.05, 0) is 0 Å². The molecule has 27 heteroatoms. The minimum atomic E-state index is -5.17. The molecule has 1 saturated heterocycles. The summed E-state index contributed by atoms with van der Waals surface area (Å²) >= 11 is -3.30. The van der Waals surface area contributed by atoms with Gasteiger partial charge in [-0.2, -0.15) is 32.5 Å². The zero-order chi connectivity index (χ0) is 20.2. The van der Waals surface area contributed by atoms with Crippen LogP contribution in [0.15, 0.2) is 0 Å². The second-order valence-electron chi connectivity index (χ2n) is 2.04. The predicted octanol–water partition coefficient (Wildman–Crippen LogP) is -8.77. The van der Waals surface area contributed by atoms with E-state index in [0.717, 1.165) is 12.3 Å². The first-order valence-corrected chi connectivity index (χ1v) is 10.4. The Hall–Kier alpha value is 2.06. The summed E-state index contributed by atoms with van der Waals surface area (Å²) in [5, 5.41) is 0. The van der Waals surface area contributed by atoms with Crippen LogP contribution in [0.3, 0.4) is 0 Å². The molecular formula is H7NNa2O18S6. The fourth-order valence-corrected chi connectivity index (χ4v) is 1.09. The summed E-state index contributed by atoms with van der Waals surface area (Å²) in [6.45, 7) is 0. The summed E-state index contributed by atoms with van der Waals surface area (Å²) in [6, 6.07) is 0. The van der Waals surface area contributed by atoms with Crippen LogP contribution in [-0.4, -0.2) is 61.0 Å². The Morgan fingerprint density at radius 3 is 1.07 bits per heavy atom. The summed E-state index contributed by atoms with van der Waals surface area (Å²) in [4.78, 5) is 0. The van der Waals surface area contributed by atoms with E-state index in [0.29, 0.717) is 0 Å². The van der Waals surface area contributed by atoms with Crippen molar-refractivity contribution in [2.24, 2.45) is 0 Å². The first-order valence-electron chi connectivity index (χ1n) is 3.56. The van der Waals surface area contributed by atoms with E-state index in [4.69, 9.17) is 39.9 Å². The maximum Gasteiger partial charge on any atom is 1.00 e. The summed E-state index contributed by atoms with van der Waals surface area (Å²) in [7, 11) is -15.2. The molecule has 1 rings (SSSR count). The molecule has 0 aromatic rings. The third-order valence-electron chi connectivity index (χ3n) is 0.366. The Kier molecular flexibility index (Phi) is 33.9. The van der Waals surface area contributed by atoms with Gasteiger partial charge in [0.15, 0.2) is 12.3 Å². The first-order chi connectivity index (χ1) is 10.3. The van der Waals surface area contributed by atoms with E-state index in [2.05, 4.69) is 15.9 Å². The van der Waals surface area contributed by atoms with Gasteiger partial charge in [0, 0.05) is 10.4 Å². The quantitative estimate of drug-likeness (QED) is 0.0416. The van der Waals surface area contributed by atoms with Gasteiger partial charge in [0.25, 0.3) is 11.4 Å². The molecule has 0 bridgehead atoms. The average Bonchev–Trinajstić information content (AvgIpc) is 2.19. The molecule has 27 heavy (non-hydrogen) atoms. The topological polar surface area (TPSA) is 336 Å². The van der Waals surface area contributed by atoms with Gasteiger partial charge in [0.1, 0.15) is 0 Å². The van der Waals surface area contributed by atoms with Crippen LogP contribution in [-0.2, 0) is 69.8 Å². The molecule has 1 heterocycles. The normalized spacial score (nSPS) is 13.1. The summed E-state index contributed by atoms with van der Waals surface area (Å²) in [6.07, 6.45) is 0. The van der Waals surface area contributed by atoms with Crippen molar-refractivity contribution in [2.75, 3.05) is 0 Å². The fraction of sp³-hybridized carbons (Fsp3) is 0. The standard InChI is InChI=1S/H3N.2Na.H2O8S2.H2O4S.O3S2.H2O3S/c;;;1-9(2,3)7-8-10(4,5)6;1-5(2,3)4;1-5-2-4-3-5;1-4(2)3/h1H3;;;(H,1,2,3)(H,4,5,6);(H2,1,2,3,4);;(H2,1,2,3)/q;2*+1;;;;/p-2. The van der Waals surface area contributed by atoms with Crippen molar-refractivity contribution in [3.05, 3.63) is 0 Å². The largest absolute Gasteiger partial charge is 1.00 e. The fourth-order valence-electron chi connectivity index (χ4n) is 0.121. The van der Waals surface area contributed by atoms with Gasteiger partial charge in [0.05, 0.1) is 0 Å². The summed E-state index contributed by atoms with van der Waals surface area (Å²) in [5.74, 6) is 0. The second kappa shape index (κ2) is 21.3. The molecule has 0 aromatic carbocycles. The molecular weight excluding hydrogens is 540 g/mol. The molecule has 1 fully saturated rings. The third-order valence-corrected chi connectivity index (χ3v) is 2.27. The van der Waals surface area contributed by atoms with Gasteiger partial charge in [-0.1, -0.05) is 8.67 Å². The van der Waals surface area contributed by atoms with E-state index in [9.17, 15) is 21.0 Å². The predicted molar refractivity (Wildman–Crippen MR) is 72.1 cm³/mol. The van der Waals surface area contributed by atoms with Gasteiger partial charge in [-0.25, -0.2) is 0 Å². The van der Waals surface area contributed by atoms with E-state index >= 15 is 0 Å². The van der Waals surface area contributed by atoms with E-state index < -0.39 is 53.9 Å². The molecule has 0 atom stereocenters. The van der Waals surface area contributed by atoms with Gasteiger partial charge < -0.3 is 15.3 Å². The minimum absolute atomic E-state index is 0. The number of hydrogen-bond acceptors (Lipinski definition) is 16. The molecule has 1 aliphatic rings. The van der Waals surface area contributed by atoms with Crippen LogP contribution in [0, 0.1) is 0 Å². The van der Waals surface area contributed by atoms with E-state index in [-0.39, 0.29) is 65.3 Å². The number of rotatable bonds is 3. The van der Waals surface area contributed by atoms with Crippen LogP contribution < -0.4 is 65.3 Å². The van der Waals surface area contributed by atoms with Crippen molar-refractivity contribution in [3.63, 3.8) is 0 Å². The molecule has 0 amide bonds. The van der Waals surface area contributed by atoms with Crippen molar-refractivity contribution in [1.29, 1.82) is 0 Å². The second-order valence-corrected chi connectivity index (χ2v) is 6.93. The number of hydrogen-bond donors (Lipinski definition) is 5. The maximum atomic E-state index is 9.55. The van der Waals surface area contributed by atoms with Crippen molar-refractivity contribution in [3.8, 4) is 0 Å². The van der Waals surface area contributed by atoms with Gasteiger partial charge in [0.2, 0.25) is 0 Å². The zero-order valence-electron chi connectivity index (χ0n) is 12.7. The Balaban J connectivity index is -0.0000000561. The van der Waals surface area contributed by atoms with Crippen LogP contribution in [0.5, 0.6) is 0 Å². The molecule has 0 unspecified atom stereocenters. The van der Waals surface area contributed by atoms with E-state index in [1.54, 1.807) is 0 Å². The smallest absolute Gasteiger partial charge is 0.759 e. The van der Waals surface area contributed by atoms with Gasteiger partial charge in [-0.15, -0.1) is 0 Å². The molecule has 0 aromatic heterocycles. The average molecular weight is 547 g/mol. The SMILES string of the molecule is N.O=S(=O)(O)OOS(=O)(=O)O.O=S(=O)([O-])[O-].O=S(O)O.O=S1OSO1.[Na+].[Na+]. The minimum Gasteiger partial charge on any atom is -0.759 e. The molecule has 1 aliphatic heterocycles. The Morgan fingerprint density at radius 1 is 0.889 bits per heavy atom. The third kappa shape index (κ3) is 84.0. The Labute approximate surface area is 206 Å². The molecule has 7 N–H and O–H groups in total. The van der Waals surface area contributed by atoms with Crippen LogP contribution in [0.1, 0.15) is 0 Å². The molecule has 0 spiro atoms. The summed E-state index contributed by atoms with van der Waals surface area (Å²) < 4.78 is 134. The van der Waals surface area contributed by atoms with Gasteiger partial charge in [-0.3, -0.25) is 26.6 Å². The van der Waals surface area contributed by atoms with Crippen molar-refractivity contribution in [2.45, 2.75) is 0 Å². The molecule has 0 saturated carbocycles. The molecule has 19 nitrogen and oxygen atoms in total. The molecule has 158 valence electrons. The zero-order valence-corrected chi connectivity index (χ0v) is 21.6. The van der Waals surface area contributed by atoms with Crippen LogP contribution in [0.4, 0.5) is 0 Å². The summed E-state index contributed by atoms with van der Waals surface area (Å²) in [5.41, 5.74) is 0. The van der Waals surface area contributed by atoms with Crippen molar-refractivity contribution >= 4 is 66.2 Å². The molecule has 0 aliphatic carbocycles.